The first-order valence-corrected chi connectivity index (χ1v) is 18.7. The van der Waals surface area contributed by atoms with E-state index >= 15 is 4.79 Å². The van der Waals surface area contributed by atoms with Crippen molar-refractivity contribution in [2.75, 3.05) is 13.2 Å². The number of azide groups is 1. The fourth-order valence-corrected chi connectivity index (χ4v) is 8.04. The Kier molecular flexibility index (Phi) is 11.4. The van der Waals surface area contributed by atoms with Crippen molar-refractivity contribution in [3.8, 4) is 0 Å². The van der Waals surface area contributed by atoms with Crippen LogP contribution in [0.3, 0.4) is 0 Å². The molecule has 2 aromatic carbocycles. The van der Waals surface area contributed by atoms with Crippen LogP contribution in [0, 0.1) is 40.5 Å². The molecule has 0 spiro atoms. The summed E-state index contributed by atoms with van der Waals surface area (Å²) in [7, 11) is 0. The lowest BCUT2D eigenvalue weighted by atomic mass is 9.97. The Morgan fingerprint density at radius 3 is 1.73 bits per heavy atom. The average Bonchev–Trinajstić information content (AvgIpc) is 3.96. The van der Waals surface area contributed by atoms with Gasteiger partial charge in [-0.3, -0.25) is 45.3 Å². The average molecular weight is 875 g/mol. The zero-order valence-corrected chi connectivity index (χ0v) is 33.5. The highest BCUT2D eigenvalue weighted by Crippen LogP contribution is 2.45. The van der Waals surface area contributed by atoms with E-state index < -0.39 is 151 Å². The van der Waals surface area contributed by atoms with E-state index in [0.717, 1.165) is 17.0 Å². The van der Waals surface area contributed by atoms with Crippen molar-refractivity contribution in [3.63, 3.8) is 0 Å². The molecule has 0 unspecified atom stereocenters. The van der Waals surface area contributed by atoms with Crippen LogP contribution < -0.4 is 0 Å². The van der Waals surface area contributed by atoms with Gasteiger partial charge in [-0.05, 0) is 47.1 Å². The molecule has 0 bridgehead atoms. The maximum absolute atomic E-state index is 15.1. The van der Waals surface area contributed by atoms with Crippen LogP contribution in [-0.2, 0) is 42.6 Å². The van der Waals surface area contributed by atoms with Gasteiger partial charge in [0.25, 0.3) is 28.7 Å². The molecule has 5 heterocycles. The van der Waals surface area contributed by atoms with Crippen molar-refractivity contribution in [3.05, 3.63) is 98.4 Å². The molecule has 7 rings (SSSR count). The number of carbonyl (C=O) groups excluding carboxylic acids is 2. The highest BCUT2D eigenvalue weighted by Gasteiger charge is 2.62. The number of esters is 1. The number of carbonyl (C=O) groups is 2. The number of nitrogens with zero attached hydrogens (tertiary/aromatic N) is 8. The fourth-order valence-electron chi connectivity index (χ4n) is 8.04. The van der Waals surface area contributed by atoms with E-state index in [1.807, 2.05) is 0 Å². The fraction of sp³-hybridized carbons (Fsp3) is 0.600. The van der Waals surface area contributed by atoms with Gasteiger partial charge >= 0.3 is 5.97 Å². The molecular weight excluding hydrogens is 836 g/mol. The molecule has 0 radical (unpaired) electrons. The number of fused-ring (bicyclic) bond motifs is 2. The molecule has 332 valence electrons. The number of nitro groups is 4. The molecule has 27 nitrogen and oxygen atoms in total. The maximum atomic E-state index is 15.1. The molecule has 10 atom stereocenters. The summed E-state index contributed by atoms with van der Waals surface area (Å²) < 4.78 is 54.5. The number of rotatable bonds is 13. The van der Waals surface area contributed by atoms with Crippen molar-refractivity contribution in [2.24, 2.45) is 5.11 Å². The summed E-state index contributed by atoms with van der Waals surface area (Å²) in [4.78, 5) is 76.9. The van der Waals surface area contributed by atoms with E-state index in [1.165, 1.54) is 0 Å². The number of amides is 1. The maximum Gasteiger partial charge on any atom is 0.339 e. The highest BCUT2D eigenvalue weighted by atomic mass is 16.8. The van der Waals surface area contributed by atoms with Crippen LogP contribution in [-0.4, -0.2) is 128 Å². The number of hydrogen-bond acceptors (Lipinski definition) is 20. The molecule has 1 amide bonds. The smallest absolute Gasteiger partial charge is 0.339 e. The van der Waals surface area contributed by atoms with Crippen molar-refractivity contribution >= 4 is 34.6 Å². The molecule has 0 aromatic heterocycles. The topological polar surface area (TPSA) is 342 Å². The van der Waals surface area contributed by atoms with Crippen LogP contribution in [0.15, 0.2) is 41.5 Å². The van der Waals surface area contributed by atoms with E-state index in [4.69, 9.17) is 42.6 Å². The third-order valence-corrected chi connectivity index (χ3v) is 10.4. The summed E-state index contributed by atoms with van der Waals surface area (Å²) in [6, 6.07) is 1.45. The van der Waals surface area contributed by atoms with Crippen LogP contribution in [0.4, 0.5) is 22.7 Å². The lowest BCUT2D eigenvalue weighted by Gasteiger charge is -2.39. The van der Waals surface area contributed by atoms with Gasteiger partial charge in [0.15, 0.2) is 29.9 Å². The Balaban J connectivity index is 1.39. The van der Waals surface area contributed by atoms with Gasteiger partial charge in [0.2, 0.25) is 0 Å². The number of non-ortho nitro benzene ring substituents is 4. The number of ether oxygens (including phenoxy) is 9. The molecule has 0 aliphatic carbocycles. The predicted octanol–water partition coefficient (Wildman–Crippen LogP) is 3.94. The number of nitro benzene ring substituents is 4. The Labute approximate surface area is 348 Å². The second kappa shape index (κ2) is 16.0. The van der Waals surface area contributed by atoms with Gasteiger partial charge in [-0.25, -0.2) is 4.79 Å². The minimum atomic E-state index is -1.85. The summed E-state index contributed by atoms with van der Waals surface area (Å²) in [6.45, 7) is 8.45. The van der Waals surface area contributed by atoms with Gasteiger partial charge in [-0.15, -0.1) is 0 Å². The molecule has 5 aliphatic heterocycles. The molecule has 0 saturated carbocycles. The molecule has 27 heteroatoms. The molecule has 5 fully saturated rings. The number of hydrogen-bond donors (Lipinski definition) is 0. The summed E-state index contributed by atoms with van der Waals surface area (Å²) in [5, 5.41) is 51.4. The monoisotopic (exact) mass is 874 g/mol. The summed E-state index contributed by atoms with van der Waals surface area (Å²) >= 11 is 0. The second-order valence-corrected chi connectivity index (χ2v) is 16.1. The van der Waals surface area contributed by atoms with Gasteiger partial charge in [0.05, 0.1) is 68.2 Å². The minimum Gasteiger partial charge on any atom is -0.454 e. The van der Waals surface area contributed by atoms with Gasteiger partial charge < -0.3 is 47.5 Å². The van der Waals surface area contributed by atoms with Crippen molar-refractivity contribution < 1.29 is 71.9 Å². The van der Waals surface area contributed by atoms with Crippen molar-refractivity contribution in [2.45, 2.75) is 120 Å². The third-order valence-electron chi connectivity index (χ3n) is 10.4. The summed E-state index contributed by atoms with van der Waals surface area (Å²) in [5.41, 5.74) is 5.04. The van der Waals surface area contributed by atoms with Crippen LogP contribution >= 0.6 is 0 Å². The SMILES string of the molecule is CC1(C)O[C@H]2O[C@H]([C@@H](CN(C(=O)c3cc([N+](=O)[O-])cc([N+](=O)[O-])c3)[C@@H]3[C@H]4OC(C)(C)O[C@H]4O[C@@H]3[C@@H]3COC(C)(C)O3)OC(=O)c3cc([N+](=O)[O-])cc([N+](=O)[O-])c3)[C@H](N=[N+]=[N-])[C@H]2O1. The van der Waals surface area contributed by atoms with Gasteiger partial charge in [0.1, 0.15) is 36.6 Å². The first-order valence-electron chi connectivity index (χ1n) is 18.7. The summed E-state index contributed by atoms with van der Waals surface area (Å²) in [5.74, 6) is -6.36. The largest absolute Gasteiger partial charge is 0.454 e. The Bertz CT molecular complexity index is 2200. The standard InChI is InChI=1S/C35H38N8O19/c1-33(2)54-14-22(58-33)26-24(28-32(57-26)62-35(5,6)60-28)39(29(44)15-7-17(40(46)47)11-18(8-15)41(48)49)13-21(25-23(37-38-36)27-31(56-25)61-34(3,4)59-27)55-30(45)16-9-19(42(50)51)12-20(10-16)43(52)53/h7-12,21-28,31-32H,13-14H2,1-6H3/t21-,22+,23+,24+,25-,26-,27-,28-,31-,32-/m1/s1. The van der Waals surface area contributed by atoms with E-state index in [-0.39, 0.29) is 6.61 Å². The zero-order chi connectivity index (χ0) is 45.2. The van der Waals surface area contributed by atoms with E-state index in [0.29, 0.717) is 24.3 Å². The third kappa shape index (κ3) is 8.69. The second-order valence-electron chi connectivity index (χ2n) is 16.1. The molecular formula is C35H38N8O19. The lowest BCUT2D eigenvalue weighted by molar-refractivity contribution is -0.394. The molecule has 5 aliphatic rings. The Hall–Kier alpha value is -6.03. The Morgan fingerprint density at radius 1 is 0.742 bits per heavy atom. The highest BCUT2D eigenvalue weighted by molar-refractivity contribution is 5.96. The normalized spacial score (nSPS) is 30.4. The van der Waals surface area contributed by atoms with Gasteiger partial charge in [0, 0.05) is 29.2 Å². The van der Waals surface area contributed by atoms with Crippen LogP contribution in [0.25, 0.3) is 10.4 Å². The van der Waals surface area contributed by atoms with Gasteiger partial charge in [-0.2, -0.15) is 0 Å². The first-order chi connectivity index (χ1) is 29.0. The zero-order valence-electron chi connectivity index (χ0n) is 33.5. The number of benzene rings is 2. The van der Waals surface area contributed by atoms with Crippen LogP contribution in [0.5, 0.6) is 0 Å². The van der Waals surface area contributed by atoms with Gasteiger partial charge in [-0.1, -0.05) is 5.11 Å². The molecule has 62 heavy (non-hydrogen) atoms. The van der Waals surface area contributed by atoms with Crippen LogP contribution in [0.1, 0.15) is 62.3 Å². The first kappa shape index (κ1) is 44.0. The molecule has 5 saturated heterocycles. The minimum absolute atomic E-state index is 0.107. The molecule has 2 aromatic rings. The quantitative estimate of drug-likeness (QED) is 0.0686. The van der Waals surface area contributed by atoms with E-state index in [2.05, 4.69) is 10.0 Å². The predicted molar refractivity (Wildman–Crippen MR) is 199 cm³/mol. The van der Waals surface area contributed by atoms with E-state index in [1.54, 1.807) is 41.5 Å². The van der Waals surface area contributed by atoms with Crippen LogP contribution in [0.2, 0.25) is 0 Å². The molecule has 0 N–H and O–H groups in total. The summed E-state index contributed by atoms with van der Waals surface area (Å²) in [6.07, 6.45) is -10.5. The Morgan fingerprint density at radius 2 is 1.24 bits per heavy atom. The van der Waals surface area contributed by atoms with Crippen molar-refractivity contribution in [1.29, 1.82) is 0 Å². The van der Waals surface area contributed by atoms with Crippen molar-refractivity contribution in [1.82, 2.24) is 4.90 Å². The lowest BCUT2D eigenvalue weighted by Crippen LogP contribution is -2.58. The van der Waals surface area contributed by atoms with E-state index in [9.17, 15) is 50.8 Å².